The first-order valence-electron chi connectivity index (χ1n) is 6.87. The number of rotatable bonds is 5. The summed E-state index contributed by atoms with van der Waals surface area (Å²) in [6, 6.07) is 8.47. The molecule has 0 radical (unpaired) electrons. The van der Waals surface area contributed by atoms with Crippen molar-refractivity contribution in [2.24, 2.45) is 0 Å². The number of nitrogens with zero attached hydrogens (tertiary/aromatic N) is 6. The third-order valence-corrected chi connectivity index (χ3v) is 4.40. The van der Waals surface area contributed by atoms with Crippen LogP contribution in [0, 0.1) is 17.3 Å². The van der Waals surface area contributed by atoms with Gasteiger partial charge in [0.05, 0.1) is 16.8 Å². The molecule has 0 aliphatic heterocycles. The Bertz CT molecular complexity index is 1020. The molecule has 2 heterocycles. The fourth-order valence-corrected chi connectivity index (χ4v) is 2.71. The van der Waals surface area contributed by atoms with E-state index in [9.17, 15) is 12.8 Å². The molecule has 11 heteroatoms. The summed E-state index contributed by atoms with van der Waals surface area (Å²) >= 11 is 0. The number of halogens is 1. The van der Waals surface area contributed by atoms with Crippen LogP contribution in [0.25, 0.3) is 11.4 Å². The highest BCUT2D eigenvalue weighted by molar-refractivity contribution is 7.89. The van der Waals surface area contributed by atoms with Crippen LogP contribution in [0.2, 0.25) is 0 Å². The van der Waals surface area contributed by atoms with E-state index in [1.807, 2.05) is 0 Å². The quantitative estimate of drug-likeness (QED) is 0.524. The Morgan fingerprint density at radius 3 is 2.60 bits per heavy atom. The Morgan fingerprint density at radius 2 is 1.96 bits per heavy atom. The molecule has 2 aromatic heterocycles. The topological polar surface area (TPSA) is 126 Å². The molecule has 1 aromatic carbocycles. The van der Waals surface area contributed by atoms with Gasteiger partial charge in [-0.15, -0.1) is 10.2 Å². The summed E-state index contributed by atoms with van der Waals surface area (Å²) in [6.45, 7) is 0.214. The molecule has 0 spiro atoms. The van der Waals surface area contributed by atoms with Gasteiger partial charge in [0.25, 0.3) is 10.0 Å². The number of aromatic nitrogens is 5. The molecule has 0 unspecified atom stereocenters. The predicted octanol–water partition coefficient (Wildman–Crippen LogP) is 0.682. The minimum atomic E-state index is -3.86. The van der Waals surface area contributed by atoms with Gasteiger partial charge in [-0.25, -0.2) is 17.5 Å². The molecule has 0 aliphatic carbocycles. The van der Waals surface area contributed by atoms with Gasteiger partial charge in [-0.1, -0.05) is 0 Å². The molecule has 3 aromatic rings. The average molecular weight is 359 g/mol. The van der Waals surface area contributed by atoms with Gasteiger partial charge in [0, 0.05) is 5.56 Å². The number of tetrazole rings is 1. The Labute approximate surface area is 141 Å². The summed E-state index contributed by atoms with van der Waals surface area (Å²) in [5.41, 5.74) is 1.11. The summed E-state index contributed by atoms with van der Waals surface area (Å²) in [4.78, 5) is 5.14. The molecular formula is C14H10FN7O2S. The SMILES string of the molecule is N#CNS(=O)(=O)c1ccc(-c2nnn(Cc3ccc(F)cn3)n2)cc1. The molecule has 126 valence electrons. The Morgan fingerprint density at radius 1 is 1.20 bits per heavy atom. The van der Waals surface area contributed by atoms with Crippen molar-refractivity contribution in [1.29, 1.82) is 5.26 Å². The first-order valence-corrected chi connectivity index (χ1v) is 8.36. The summed E-state index contributed by atoms with van der Waals surface area (Å²) in [7, 11) is -3.86. The predicted molar refractivity (Wildman–Crippen MR) is 82.5 cm³/mol. The maximum absolute atomic E-state index is 12.8. The molecule has 0 atom stereocenters. The van der Waals surface area contributed by atoms with Crippen molar-refractivity contribution < 1.29 is 12.8 Å². The lowest BCUT2D eigenvalue weighted by Crippen LogP contribution is -2.17. The standard InChI is InChI=1S/C14H10FN7O2S/c15-11-3-4-12(17-7-11)8-22-20-14(19-21-22)10-1-5-13(6-2-10)25(23,24)18-9-16/h1-7,18H,8H2. The zero-order valence-corrected chi connectivity index (χ0v) is 13.4. The molecule has 0 bridgehead atoms. The summed E-state index contributed by atoms with van der Waals surface area (Å²) in [5, 5.41) is 20.4. The normalized spacial score (nSPS) is 11.0. The van der Waals surface area contributed by atoms with Crippen molar-refractivity contribution in [3.63, 3.8) is 0 Å². The first-order chi connectivity index (χ1) is 12.0. The summed E-state index contributed by atoms with van der Waals surface area (Å²) < 4.78 is 38.0. The maximum Gasteiger partial charge on any atom is 0.270 e. The molecule has 25 heavy (non-hydrogen) atoms. The molecule has 3 rings (SSSR count). The van der Waals surface area contributed by atoms with Gasteiger partial charge < -0.3 is 0 Å². The van der Waals surface area contributed by atoms with Crippen LogP contribution in [0.1, 0.15) is 5.69 Å². The van der Waals surface area contributed by atoms with Gasteiger partial charge in [-0.05, 0) is 41.6 Å². The number of hydrogen-bond acceptors (Lipinski definition) is 7. The van der Waals surface area contributed by atoms with Crippen LogP contribution in [0.5, 0.6) is 0 Å². The zero-order valence-electron chi connectivity index (χ0n) is 12.5. The fourth-order valence-electron chi connectivity index (χ4n) is 1.97. The van der Waals surface area contributed by atoms with Gasteiger partial charge in [-0.3, -0.25) is 4.98 Å². The van der Waals surface area contributed by atoms with Crippen molar-refractivity contribution in [1.82, 2.24) is 29.9 Å². The molecule has 9 nitrogen and oxygen atoms in total. The highest BCUT2D eigenvalue weighted by Gasteiger charge is 2.14. The van der Waals surface area contributed by atoms with Gasteiger partial charge in [-0.2, -0.15) is 10.1 Å². The minimum absolute atomic E-state index is 0.0549. The number of nitrogens with one attached hydrogen (secondary N) is 1. The van der Waals surface area contributed by atoms with Gasteiger partial charge >= 0.3 is 0 Å². The highest BCUT2D eigenvalue weighted by Crippen LogP contribution is 2.17. The molecule has 0 saturated heterocycles. The first kappa shape index (κ1) is 16.5. The largest absolute Gasteiger partial charge is 0.270 e. The van der Waals surface area contributed by atoms with Crippen molar-refractivity contribution in [3.8, 4) is 17.6 Å². The second kappa shape index (κ2) is 6.62. The van der Waals surface area contributed by atoms with Crippen LogP contribution in [0.15, 0.2) is 47.5 Å². The van der Waals surface area contributed by atoms with Crippen molar-refractivity contribution >= 4 is 10.0 Å². The van der Waals surface area contributed by atoms with E-state index in [2.05, 4.69) is 20.4 Å². The van der Waals surface area contributed by atoms with E-state index in [1.165, 1.54) is 47.4 Å². The summed E-state index contributed by atoms with van der Waals surface area (Å²) in [6.07, 6.45) is 2.48. The van der Waals surface area contributed by atoms with Gasteiger partial charge in [0.1, 0.15) is 12.4 Å². The second-order valence-electron chi connectivity index (χ2n) is 4.85. The van der Waals surface area contributed by atoms with Gasteiger partial charge in [0.15, 0.2) is 6.19 Å². The molecule has 1 N–H and O–H groups in total. The van der Waals surface area contributed by atoms with Crippen molar-refractivity contribution in [3.05, 3.63) is 54.1 Å². The molecular weight excluding hydrogens is 349 g/mol. The number of hydrogen-bond donors (Lipinski definition) is 1. The number of benzene rings is 1. The van der Waals surface area contributed by atoms with E-state index in [0.717, 1.165) is 6.20 Å². The summed E-state index contributed by atoms with van der Waals surface area (Å²) in [5.74, 6) is -0.142. The van der Waals surface area contributed by atoms with E-state index in [1.54, 1.807) is 4.72 Å². The lowest BCUT2D eigenvalue weighted by atomic mass is 10.2. The van der Waals surface area contributed by atoms with E-state index in [0.29, 0.717) is 17.1 Å². The number of nitriles is 1. The van der Waals surface area contributed by atoms with Crippen molar-refractivity contribution in [2.45, 2.75) is 11.4 Å². The Hall–Kier alpha value is -3.39. The van der Waals surface area contributed by atoms with Crippen LogP contribution in [0.4, 0.5) is 4.39 Å². The van der Waals surface area contributed by atoms with Crippen LogP contribution < -0.4 is 4.72 Å². The Balaban J connectivity index is 1.78. The fraction of sp³-hybridized carbons (Fsp3) is 0.0714. The monoisotopic (exact) mass is 359 g/mol. The van der Waals surface area contributed by atoms with E-state index < -0.39 is 15.8 Å². The van der Waals surface area contributed by atoms with Crippen LogP contribution in [0.3, 0.4) is 0 Å². The van der Waals surface area contributed by atoms with Gasteiger partial charge in [0.2, 0.25) is 5.82 Å². The van der Waals surface area contributed by atoms with Crippen LogP contribution in [-0.2, 0) is 16.6 Å². The highest BCUT2D eigenvalue weighted by atomic mass is 32.2. The molecule has 0 fully saturated rings. The molecule has 0 aliphatic rings. The van der Waals surface area contributed by atoms with Crippen molar-refractivity contribution in [2.75, 3.05) is 0 Å². The zero-order chi connectivity index (χ0) is 17.9. The minimum Gasteiger partial charge on any atom is -0.256 e. The van der Waals surface area contributed by atoms with Crippen LogP contribution >= 0.6 is 0 Å². The average Bonchev–Trinajstić information content (AvgIpc) is 3.06. The molecule has 0 amide bonds. The second-order valence-corrected chi connectivity index (χ2v) is 6.54. The maximum atomic E-state index is 12.8. The lowest BCUT2D eigenvalue weighted by Gasteiger charge is -2.01. The van der Waals surface area contributed by atoms with E-state index >= 15 is 0 Å². The number of sulfonamides is 1. The van der Waals surface area contributed by atoms with Crippen LogP contribution in [-0.4, -0.2) is 33.6 Å². The number of pyridine rings is 1. The lowest BCUT2D eigenvalue weighted by molar-refractivity contribution is 0.559. The Kier molecular flexibility index (Phi) is 4.36. The molecule has 0 saturated carbocycles. The van der Waals surface area contributed by atoms with E-state index in [4.69, 9.17) is 5.26 Å². The third kappa shape index (κ3) is 3.75. The smallest absolute Gasteiger partial charge is 0.256 e. The third-order valence-electron chi connectivity index (χ3n) is 3.15. The van der Waals surface area contributed by atoms with E-state index in [-0.39, 0.29) is 11.4 Å².